The summed E-state index contributed by atoms with van der Waals surface area (Å²) in [7, 11) is -2.25. The number of sulfonamides is 1. The Bertz CT molecular complexity index is 717. The van der Waals surface area contributed by atoms with Gasteiger partial charge in [-0.3, -0.25) is 0 Å². The van der Waals surface area contributed by atoms with E-state index < -0.39 is 10.0 Å². The van der Waals surface area contributed by atoms with Crippen molar-refractivity contribution in [1.29, 1.82) is 0 Å². The van der Waals surface area contributed by atoms with Crippen LogP contribution in [0.3, 0.4) is 0 Å². The highest BCUT2D eigenvalue weighted by atomic mass is 79.9. The number of hydrogen-bond acceptors (Lipinski definition) is 5. The number of aromatic nitrogens is 2. The fourth-order valence-corrected chi connectivity index (χ4v) is 4.69. The van der Waals surface area contributed by atoms with Gasteiger partial charge in [0, 0.05) is 16.5 Å². The van der Waals surface area contributed by atoms with Crippen molar-refractivity contribution in [2.75, 3.05) is 11.4 Å². The largest absolute Gasteiger partial charge is 0.267 e. The number of hydrogen-bond donors (Lipinski definition) is 0. The van der Waals surface area contributed by atoms with Gasteiger partial charge >= 0.3 is 0 Å². The van der Waals surface area contributed by atoms with Crippen LogP contribution in [0.5, 0.6) is 0 Å². The number of nitrogens with zero attached hydrogens (tertiary/aromatic N) is 3. The Balaban J connectivity index is 2.47. The Morgan fingerprint density at radius 2 is 2.05 bits per heavy atom. The summed E-state index contributed by atoms with van der Waals surface area (Å²) in [6.07, 6.45) is 0. The average Bonchev–Trinajstić information content (AvgIpc) is 2.74. The zero-order valence-electron chi connectivity index (χ0n) is 9.96. The highest BCUT2D eigenvalue weighted by Crippen LogP contribution is 2.30. The molecule has 0 aliphatic rings. The maximum Gasteiger partial charge on any atom is 0.267 e. The summed E-state index contributed by atoms with van der Waals surface area (Å²) in [6.45, 7) is 1.76. The molecule has 1 aromatic heterocycles. The average molecular weight is 383 g/mol. The molecule has 0 radical (unpaired) electrons. The van der Waals surface area contributed by atoms with Crippen LogP contribution in [0.4, 0.5) is 5.13 Å². The summed E-state index contributed by atoms with van der Waals surface area (Å²) in [4.78, 5) is 0.132. The van der Waals surface area contributed by atoms with Crippen LogP contribution in [0.2, 0.25) is 5.02 Å². The number of halogens is 2. The molecule has 0 N–H and O–H groups in total. The zero-order chi connectivity index (χ0) is 14.2. The quantitative estimate of drug-likeness (QED) is 0.818. The lowest BCUT2D eigenvalue weighted by Gasteiger charge is -2.16. The first-order chi connectivity index (χ1) is 8.82. The van der Waals surface area contributed by atoms with Gasteiger partial charge in [-0.2, -0.15) is 0 Å². The second kappa shape index (κ2) is 5.35. The van der Waals surface area contributed by atoms with Gasteiger partial charge in [-0.25, -0.2) is 12.7 Å². The van der Waals surface area contributed by atoms with E-state index in [2.05, 4.69) is 26.1 Å². The molecule has 9 heteroatoms. The molecule has 0 amide bonds. The third-order valence-electron chi connectivity index (χ3n) is 2.32. The third-order valence-corrected chi connectivity index (χ3v) is 6.31. The van der Waals surface area contributed by atoms with E-state index in [9.17, 15) is 8.42 Å². The molecule has 0 saturated carbocycles. The van der Waals surface area contributed by atoms with Crippen molar-refractivity contribution in [2.45, 2.75) is 11.8 Å². The molecule has 0 saturated heterocycles. The standard InChI is InChI=1S/C10H9BrClN3O2S2/c1-6-13-14-10(18-6)15(2)19(16,17)9-4-3-7(12)5-8(9)11/h3-5H,1-2H3. The number of rotatable bonds is 3. The van der Waals surface area contributed by atoms with Crippen LogP contribution in [0.15, 0.2) is 27.6 Å². The molecule has 2 rings (SSSR count). The summed E-state index contributed by atoms with van der Waals surface area (Å²) < 4.78 is 26.4. The lowest BCUT2D eigenvalue weighted by Crippen LogP contribution is -2.26. The van der Waals surface area contributed by atoms with Gasteiger partial charge in [0.2, 0.25) is 5.13 Å². The SMILES string of the molecule is Cc1nnc(N(C)S(=O)(=O)c2ccc(Cl)cc2Br)s1. The van der Waals surface area contributed by atoms with Gasteiger partial charge in [0.15, 0.2) is 0 Å². The smallest absolute Gasteiger partial charge is 0.243 e. The van der Waals surface area contributed by atoms with Crippen molar-refractivity contribution >= 4 is 54.0 Å². The van der Waals surface area contributed by atoms with Gasteiger partial charge in [-0.1, -0.05) is 22.9 Å². The van der Waals surface area contributed by atoms with Crippen LogP contribution in [-0.4, -0.2) is 25.7 Å². The van der Waals surface area contributed by atoms with Crippen LogP contribution in [0, 0.1) is 6.92 Å². The Kier molecular flexibility index (Phi) is 4.14. The van der Waals surface area contributed by atoms with Crippen LogP contribution in [0.25, 0.3) is 0 Å². The van der Waals surface area contributed by atoms with Crippen molar-refractivity contribution in [3.05, 3.63) is 32.7 Å². The summed E-state index contributed by atoms with van der Waals surface area (Å²) in [6, 6.07) is 4.51. The molecule has 102 valence electrons. The van der Waals surface area contributed by atoms with Crippen molar-refractivity contribution in [3.8, 4) is 0 Å². The van der Waals surface area contributed by atoms with Gasteiger partial charge in [-0.05, 0) is 41.1 Å². The first-order valence-electron chi connectivity index (χ1n) is 5.06. The fraction of sp³-hybridized carbons (Fsp3) is 0.200. The van der Waals surface area contributed by atoms with Gasteiger partial charge in [0.1, 0.15) is 9.90 Å². The van der Waals surface area contributed by atoms with Crippen LogP contribution >= 0.6 is 38.9 Å². The van der Waals surface area contributed by atoms with Gasteiger partial charge < -0.3 is 0 Å². The topological polar surface area (TPSA) is 63.2 Å². The summed E-state index contributed by atoms with van der Waals surface area (Å²) in [5, 5.41) is 9.12. The third kappa shape index (κ3) is 2.91. The zero-order valence-corrected chi connectivity index (χ0v) is 13.9. The monoisotopic (exact) mass is 381 g/mol. The highest BCUT2D eigenvalue weighted by Gasteiger charge is 2.26. The molecule has 2 aromatic rings. The van der Waals surface area contributed by atoms with E-state index >= 15 is 0 Å². The van der Waals surface area contributed by atoms with E-state index in [4.69, 9.17) is 11.6 Å². The van der Waals surface area contributed by atoms with Gasteiger partial charge in [-0.15, -0.1) is 10.2 Å². The number of benzene rings is 1. The molecule has 19 heavy (non-hydrogen) atoms. The van der Waals surface area contributed by atoms with E-state index in [-0.39, 0.29) is 4.90 Å². The molecule has 5 nitrogen and oxygen atoms in total. The molecule has 1 aromatic carbocycles. The maximum atomic E-state index is 12.5. The maximum absolute atomic E-state index is 12.5. The molecular weight excluding hydrogens is 374 g/mol. The Hall–Kier alpha value is -0.700. The van der Waals surface area contributed by atoms with Crippen molar-refractivity contribution in [1.82, 2.24) is 10.2 Å². The Morgan fingerprint density at radius 1 is 1.37 bits per heavy atom. The second-order valence-corrected chi connectivity index (χ2v) is 8.04. The Labute approximate surface area is 128 Å². The van der Waals surface area contributed by atoms with Gasteiger partial charge in [0.25, 0.3) is 10.0 Å². The van der Waals surface area contributed by atoms with Gasteiger partial charge in [0.05, 0.1) is 0 Å². The molecule has 1 heterocycles. The molecule has 0 fully saturated rings. The van der Waals surface area contributed by atoms with E-state index in [1.165, 1.54) is 36.6 Å². The second-order valence-electron chi connectivity index (χ2n) is 3.65. The Morgan fingerprint density at radius 3 is 2.58 bits per heavy atom. The minimum Gasteiger partial charge on any atom is -0.243 e. The lowest BCUT2D eigenvalue weighted by atomic mass is 10.4. The predicted octanol–water partition coefficient (Wildman–Crippen LogP) is 3.09. The number of anilines is 1. The predicted molar refractivity (Wildman–Crippen MR) is 79.4 cm³/mol. The summed E-state index contributed by atoms with van der Waals surface area (Å²) in [5.41, 5.74) is 0. The molecule has 0 bridgehead atoms. The normalized spacial score (nSPS) is 11.6. The lowest BCUT2D eigenvalue weighted by molar-refractivity contribution is 0.593. The minimum absolute atomic E-state index is 0.132. The molecule has 0 spiro atoms. The van der Waals surface area contributed by atoms with E-state index in [0.29, 0.717) is 19.6 Å². The van der Waals surface area contributed by atoms with Crippen molar-refractivity contribution in [2.24, 2.45) is 0 Å². The van der Waals surface area contributed by atoms with Crippen molar-refractivity contribution < 1.29 is 8.42 Å². The molecule has 0 atom stereocenters. The van der Waals surface area contributed by atoms with Crippen LogP contribution in [0.1, 0.15) is 5.01 Å². The van der Waals surface area contributed by atoms with E-state index in [0.717, 1.165) is 4.31 Å². The van der Waals surface area contributed by atoms with Crippen LogP contribution < -0.4 is 4.31 Å². The summed E-state index contributed by atoms with van der Waals surface area (Å²) in [5.74, 6) is 0. The fourth-order valence-electron chi connectivity index (χ4n) is 1.35. The van der Waals surface area contributed by atoms with Crippen molar-refractivity contribution in [3.63, 3.8) is 0 Å². The molecule has 0 unspecified atom stereocenters. The van der Waals surface area contributed by atoms with Crippen LogP contribution in [-0.2, 0) is 10.0 Å². The van der Waals surface area contributed by atoms with E-state index in [1.54, 1.807) is 6.92 Å². The molecule has 0 aliphatic carbocycles. The highest BCUT2D eigenvalue weighted by molar-refractivity contribution is 9.10. The first kappa shape index (κ1) is 14.7. The minimum atomic E-state index is -3.69. The van der Waals surface area contributed by atoms with E-state index in [1.807, 2.05) is 0 Å². The molecular formula is C10H9BrClN3O2S2. The number of aryl methyl sites for hydroxylation is 1. The summed E-state index contributed by atoms with van der Waals surface area (Å²) >= 11 is 10.2. The molecule has 0 aliphatic heterocycles. The first-order valence-corrected chi connectivity index (χ1v) is 8.49.